The molecule has 1 aliphatic rings. The first-order valence-corrected chi connectivity index (χ1v) is 11.4. The summed E-state index contributed by atoms with van der Waals surface area (Å²) in [7, 11) is -3.74. The fourth-order valence-corrected chi connectivity index (χ4v) is 5.21. The van der Waals surface area contributed by atoms with E-state index in [0.717, 1.165) is 10.9 Å². The van der Waals surface area contributed by atoms with Gasteiger partial charge in [0.05, 0.1) is 5.52 Å². The van der Waals surface area contributed by atoms with Gasteiger partial charge in [-0.1, -0.05) is 24.3 Å². The Morgan fingerprint density at radius 1 is 1.06 bits per heavy atom. The van der Waals surface area contributed by atoms with Gasteiger partial charge in [-0.2, -0.15) is 4.31 Å². The summed E-state index contributed by atoms with van der Waals surface area (Å²) >= 11 is 0. The van der Waals surface area contributed by atoms with Crippen LogP contribution in [-0.2, 0) is 14.8 Å². The van der Waals surface area contributed by atoms with Crippen molar-refractivity contribution in [3.63, 3.8) is 0 Å². The van der Waals surface area contributed by atoms with Crippen molar-refractivity contribution >= 4 is 32.9 Å². The molecular weight excluding hydrogens is 417 g/mol. The van der Waals surface area contributed by atoms with Gasteiger partial charge in [-0.05, 0) is 48.4 Å². The smallest absolute Gasteiger partial charge is 0.246 e. The standard InChI is InChI=1S/C23H22FN3O3S/c1-17-14-19-5-3-7-21(23(19)25-16-17)31(29,30)27-12-10-26(11-13-27)22(28)9-8-18-4-2-6-20(24)15-18/h2-9,14-16H,10-13H2,1H3/b9-8+. The summed E-state index contributed by atoms with van der Waals surface area (Å²) in [5.41, 5.74) is 2.00. The van der Waals surface area contributed by atoms with Crippen LogP contribution in [0.5, 0.6) is 0 Å². The predicted octanol–water partition coefficient (Wildman–Crippen LogP) is 3.23. The molecule has 31 heavy (non-hydrogen) atoms. The first kappa shape index (κ1) is 21.1. The summed E-state index contributed by atoms with van der Waals surface area (Å²) in [6, 6.07) is 13.0. The Labute approximate surface area is 180 Å². The quantitative estimate of drug-likeness (QED) is 0.586. The zero-order valence-electron chi connectivity index (χ0n) is 17.0. The van der Waals surface area contributed by atoms with Crippen molar-refractivity contribution in [2.45, 2.75) is 11.8 Å². The molecule has 2 aromatic carbocycles. The second-order valence-corrected chi connectivity index (χ2v) is 9.36. The van der Waals surface area contributed by atoms with Crippen molar-refractivity contribution in [2.75, 3.05) is 26.2 Å². The van der Waals surface area contributed by atoms with Gasteiger partial charge in [-0.25, -0.2) is 12.8 Å². The molecule has 1 aliphatic heterocycles. The van der Waals surface area contributed by atoms with Crippen LogP contribution >= 0.6 is 0 Å². The van der Waals surface area contributed by atoms with Gasteiger partial charge in [-0.15, -0.1) is 0 Å². The minimum Gasteiger partial charge on any atom is -0.337 e. The predicted molar refractivity (Wildman–Crippen MR) is 117 cm³/mol. The van der Waals surface area contributed by atoms with E-state index in [9.17, 15) is 17.6 Å². The summed E-state index contributed by atoms with van der Waals surface area (Å²) in [5, 5.41) is 0.775. The van der Waals surface area contributed by atoms with Gasteiger partial charge in [0.15, 0.2) is 0 Å². The maximum Gasteiger partial charge on any atom is 0.246 e. The SMILES string of the molecule is Cc1cnc2c(S(=O)(=O)N3CCN(C(=O)/C=C/c4cccc(F)c4)CC3)cccc2c1. The molecule has 0 aliphatic carbocycles. The van der Waals surface area contributed by atoms with Crippen molar-refractivity contribution in [3.05, 3.63) is 77.7 Å². The van der Waals surface area contributed by atoms with Crippen LogP contribution in [0, 0.1) is 12.7 Å². The maximum absolute atomic E-state index is 13.3. The van der Waals surface area contributed by atoms with Crippen molar-refractivity contribution in [1.82, 2.24) is 14.2 Å². The van der Waals surface area contributed by atoms with Gasteiger partial charge in [0, 0.05) is 43.8 Å². The topological polar surface area (TPSA) is 70.6 Å². The Bertz CT molecular complexity index is 1270. The number of pyridine rings is 1. The lowest BCUT2D eigenvalue weighted by atomic mass is 10.2. The van der Waals surface area contributed by atoms with Crippen LogP contribution in [0.3, 0.4) is 0 Å². The summed E-state index contributed by atoms with van der Waals surface area (Å²) in [6.45, 7) is 2.87. The Kier molecular flexibility index (Phi) is 5.84. The zero-order chi connectivity index (χ0) is 22.0. The monoisotopic (exact) mass is 439 g/mol. The van der Waals surface area contributed by atoms with Gasteiger partial charge in [0.2, 0.25) is 15.9 Å². The van der Waals surface area contributed by atoms with Crippen LogP contribution < -0.4 is 0 Å². The molecule has 3 aromatic rings. The highest BCUT2D eigenvalue weighted by Crippen LogP contribution is 2.25. The lowest BCUT2D eigenvalue weighted by Gasteiger charge is -2.33. The average Bonchev–Trinajstić information content (AvgIpc) is 2.77. The molecule has 8 heteroatoms. The second-order valence-electron chi connectivity index (χ2n) is 7.46. The number of piperazine rings is 1. The number of fused-ring (bicyclic) bond motifs is 1. The molecule has 2 heterocycles. The number of nitrogens with zero attached hydrogens (tertiary/aromatic N) is 3. The van der Waals surface area contributed by atoms with Crippen molar-refractivity contribution in [2.24, 2.45) is 0 Å². The summed E-state index contributed by atoms with van der Waals surface area (Å²) in [6.07, 6.45) is 4.59. The highest BCUT2D eigenvalue weighted by atomic mass is 32.2. The number of halogens is 1. The van der Waals surface area contributed by atoms with E-state index in [0.29, 0.717) is 11.1 Å². The molecule has 0 unspecified atom stereocenters. The number of hydrogen-bond acceptors (Lipinski definition) is 4. The van der Waals surface area contributed by atoms with E-state index in [1.54, 1.807) is 41.4 Å². The molecule has 0 saturated carbocycles. The van der Waals surface area contributed by atoms with Crippen molar-refractivity contribution in [1.29, 1.82) is 0 Å². The Balaban J connectivity index is 1.46. The number of amides is 1. The van der Waals surface area contributed by atoms with E-state index in [2.05, 4.69) is 4.98 Å². The van der Waals surface area contributed by atoms with E-state index in [-0.39, 0.29) is 42.8 Å². The third-order valence-corrected chi connectivity index (χ3v) is 7.18. The van der Waals surface area contributed by atoms with Crippen LogP contribution in [0.1, 0.15) is 11.1 Å². The van der Waals surface area contributed by atoms with Crippen LogP contribution in [0.2, 0.25) is 0 Å². The van der Waals surface area contributed by atoms with E-state index >= 15 is 0 Å². The molecule has 1 fully saturated rings. The third kappa shape index (κ3) is 4.50. The first-order valence-electron chi connectivity index (χ1n) is 9.93. The molecule has 1 saturated heterocycles. The molecule has 0 N–H and O–H groups in total. The second kappa shape index (κ2) is 8.56. The molecule has 4 rings (SSSR count). The van der Waals surface area contributed by atoms with Crippen molar-refractivity contribution in [3.8, 4) is 0 Å². The highest BCUT2D eigenvalue weighted by molar-refractivity contribution is 7.89. The Morgan fingerprint density at radius 3 is 2.55 bits per heavy atom. The van der Waals surface area contributed by atoms with Gasteiger partial charge in [0.25, 0.3) is 0 Å². The number of aryl methyl sites for hydroxylation is 1. The molecule has 1 amide bonds. The summed E-state index contributed by atoms with van der Waals surface area (Å²) in [5.74, 6) is -0.602. The maximum atomic E-state index is 13.3. The molecule has 0 atom stereocenters. The third-order valence-electron chi connectivity index (χ3n) is 5.25. The number of hydrogen-bond donors (Lipinski definition) is 0. The van der Waals surface area contributed by atoms with E-state index in [4.69, 9.17) is 0 Å². The average molecular weight is 440 g/mol. The molecule has 160 valence electrons. The Hall–Kier alpha value is -3.10. The largest absolute Gasteiger partial charge is 0.337 e. The molecular formula is C23H22FN3O3S. The van der Waals surface area contributed by atoms with Gasteiger partial charge >= 0.3 is 0 Å². The number of aromatic nitrogens is 1. The first-order chi connectivity index (χ1) is 14.8. The lowest BCUT2D eigenvalue weighted by Crippen LogP contribution is -2.50. The van der Waals surface area contributed by atoms with Crippen LogP contribution in [0.15, 0.2) is 65.7 Å². The molecule has 1 aromatic heterocycles. The number of carbonyl (C=O) groups is 1. The zero-order valence-corrected chi connectivity index (χ0v) is 17.8. The Morgan fingerprint density at radius 2 is 1.81 bits per heavy atom. The highest BCUT2D eigenvalue weighted by Gasteiger charge is 2.31. The van der Waals surface area contributed by atoms with Crippen LogP contribution in [0.4, 0.5) is 4.39 Å². The van der Waals surface area contributed by atoms with Crippen LogP contribution in [0.25, 0.3) is 17.0 Å². The fraction of sp³-hybridized carbons (Fsp3) is 0.217. The van der Waals surface area contributed by atoms with Crippen LogP contribution in [-0.4, -0.2) is 54.7 Å². The normalized spacial score (nSPS) is 15.6. The molecule has 0 spiro atoms. The number of carbonyl (C=O) groups excluding carboxylic acids is 1. The van der Waals surface area contributed by atoms with E-state index in [1.165, 1.54) is 22.5 Å². The summed E-state index contributed by atoms with van der Waals surface area (Å²) in [4.78, 5) is 18.6. The minimum absolute atomic E-state index is 0.177. The van der Waals surface area contributed by atoms with Gasteiger partial charge in [0.1, 0.15) is 10.7 Å². The number of benzene rings is 2. The number of rotatable bonds is 4. The molecule has 0 radical (unpaired) electrons. The van der Waals surface area contributed by atoms with Gasteiger partial charge < -0.3 is 4.90 Å². The number of para-hydroxylation sites is 1. The molecule has 6 nitrogen and oxygen atoms in total. The fourth-order valence-electron chi connectivity index (χ4n) is 3.62. The van der Waals surface area contributed by atoms with E-state index in [1.807, 2.05) is 19.1 Å². The summed E-state index contributed by atoms with van der Waals surface area (Å²) < 4.78 is 41.1. The van der Waals surface area contributed by atoms with Crippen molar-refractivity contribution < 1.29 is 17.6 Å². The number of sulfonamides is 1. The minimum atomic E-state index is -3.74. The molecule has 0 bridgehead atoms. The lowest BCUT2D eigenvalue weighted by molar-refractivity contribution is -0.127. The van der Waals surface area contributed by atoms with Gasteiger partial charge in [-0.3, -0.25) is 9.78 Å². The van der Waals surface area contributed by atoms with E-state index < -0.39 is 10.0 Å².